The lowest BCUT2D eigenvalue weighted by atomic mass is 10.2. The van der Waals surface area contributed by atoms with E-state index in [4.69, 9.17) is 16.3 Å². The molecule has 0 atom stereocenters. The maximum absolute atomic E-state index is 11.9. The van der Waals surface area contributed by atoms with E-state index in [-0.39, 0.29) is 5.97 Å². The average Bonchev–Trinajstić information content (AvgIpc) is 2.17. The van der Waals surface area contributed by atoms with Gasteiger partial charge in [0.15, 0.2) is 6.54 Å². The Morgan fingerprint density at radius 1 is 1.21 bits per heavy atom. The van der Waals surface area contributed by atoms with E-state index in [1.54, 1.807) is 0 Å². The third kappa shape index (κ3) is 6.60. The molecule has 3 nitrogen and oxygen atoms in total. The molecule has 0 aromatic heterocycles. The maximum atomic E-state index is 11.9. The second-order valence-electron chi connectivity index (χ2n) is 6.46. The molecule has 0 amide bonds. The topological polar surface area (TPSA) is 26.3 Å². The van der Waals surface area contributed by atoms with E-state index in [9.17, 15) is 4.79 Å². The lowest BCUT2D eigenvalue weighted by molar-refractivity contribution is -0.896. The van der Waals surface area contributed by atoms with Crippen LogP contribution in [0.15, 0.2) is 24.3 Å². The van der Waals surface area contributed by atoms with Gasteiger partial charge in [-0.1, -0.05) is 23.7 Å². The van der Waals surface area contributed by atoms with Crippen LogP contribution in [0.5, 0.6) is 0 Å². The minimum atomic E-state index is -0.433. The number of hydrogen-bond donors (Lipinski definition) is 0. The third-order valence-corrected chi connectivity index (χ3v) is 2.75. The van der Waals surface area contributed by atoms with Gasteiger partial charge in [-0.2, -0.15) is 0 Å². The fraction of sp³-hybridized carbons (Fsp3) is 0.533. The van der Waals surface area contributed by atoms with E-state index >= 15 is 0 Å². The van der Waals surface area contributed by atoms with E-state index in [0.717, 1.165) is 17.1 Å². The number of esters is 1. The molecule has 106 valence electrons. The standard InChI is InChI=1S/C15H23ClNO2/c1-15(2,3)19-14(18)11-17(4,5)10-12-6-8-13(16)9-7-12/h6-9H,10-11H2,1-5H3/q+1. The molecule has 0 aliphatic carbocycles. The van der Waals surface area contributed by atoms with Gasteiger partial charge in [-0.15, -0.1) is 0 Å². The zero-order valence-electron chi connectivity index (χ0n) is 12.4. The van der Waals surface area contributed by atoms with Gasteiger partial charge in [-0.05, 0) is 32.9 Å². The first kappa shape index (κ1) is 16.0. The summed E-state index contributed by atoms with van der Waals surface area (Å²) in [7, 11) is 4.02. The Hall–Kier alpha value is -1.06. The average molecular weight is 285 g/mol. The Morgan fingerprint density at radius 2 is 1.74 bits per heavy atom. The van der Waals surface area contributed by atoms with Crippen molar-refractivity contribution in [3.63, 3.8) is 0 Å². The van der Waals surface area contributed by atoms with Gasteiger partial charge in [0.05, 0.1) is 14.1 Å². The zero-order valence-corrected chi connectivity index (χ0v) is 13.1. The van der Waals surface area contributed by atoms with Gasteiger partial charge in [0.25, 0.3) is 0 Å². The molecule has 0 bridgehead atoms. The summed E-state index contributed by atoms with van der Waals surface area (Å²) in [6, 6.07) is 7.70. The van der Waals surface area contributed by atoms with Crippen molar-refractivity contribution >= 4 is 17.6 Å². The summed E-state index contributed by atoms with van der Waals surface area (Å²) >= 11 is 5.86. The van der Waals surface area contributed by atoms with Crippen molar-refractivity contribution in [2.24, 2.45) is 0 Å². The van der Waals surface area contributed by atoms with Crippen molar-refractivity contribution in [1.29, 1.82) is 0 Å². The number of carbonyl (C=O) groups excluding carboxylic acids is 1. The highest BCUT2D eigenvalue weighted by atomic mass is 35.5. The lowest BCUT2D eigenvalue weighted by Gasteiger charge is -2.30. The first-order valence-corrected chi connectivity index (χ1v) is 6.73. The van der Waals surface area contributed by atoms with Crippen LogP contribution >= 0.6 is 11.6 Å². The molecule has 0 N–H and O–H groups in total. The fourth-order valence-corrected chi connectivity index (χ4v) is 1.99. The maximum Gasteiger partial charge on any atom is 0.362 e. The summed E-state index contributed by atoms with van der Waals surface area (Å²) in [6.45, 7) is 6.74. The summed E-state index contributed by atoms with van der Waals surface area (Å²) in [5.41, 5.74) is 0.718. The number of hydrogen-bond acceptors (Lipinski definition) is 2. The van der Waals surface area contributed by atoms with E-state index in [1.165, 1.54) is 0 Å². The largest absolute Gasteiger partial charge is 0.456 e. The van der Waals surface area contributed by atoms with Crippen molar-refractivity contribution in [2.45, 2.75) is 32.9 Å². The second kappa shape index (κ2) is 5.93. The van der Waals surface area contributed by atoms with Crippen LogP contribution in [0.25, 0.3) is 0 Å². The minimum Gasteiger partial charge on any atom is -0.456 e. The van der Waals surface area contributed by atoms with Gasteiger partial charge >= 0.3 is 5.97 Å². The molecular formula is C15H23ClNO2+. The summed E-state index contributed by atoms with van der Waals surface area (Å²) in [6.07, 6.45) is 0. The van der Waals surface area contributed by atoms with Gasteiger partial charge in [-0.3, -0.25) is 0 Å². The molecule has 0 aliphatic rings. The third-order valence-electron chi connectivity index (χ3n) is 2.50. The summed E-state index contributed by atoms with van der Waals surface area (Å²) in [5.74, 6) is -0.175. The molecule has 4 heteroatoms. The van der Waals surface area contributed by atoms with Gasteiger partial charge in [0.1, 0.15) is 12.1 Å². The molecule has 0 saturated carbocycles. The quantitative estimate of drug-likeness (QED) is 0.627. The molecular weight excluding hydrogens is 262 g/mol. The van der Waals surface area contributed by atoms with Crippen LogP contribution in [-0.2, 0) is 16.1 Å². The summed E-state index contributed by atoms with van der Waals surface area (Å²) in [4.78, 5) is 11.9. The number of likely N-dealkylation sites (N-methyl/N-ethyl adjacent to an activating group) is 1. The molecule has 0 aliphatic heterocycles. The van der Waals surface area contributed by atoms with Crippen molar-refractivity contribution < 1.29 is 14.0 Å². The minimum absolute atomic E-state index is 0.175. The SMILES string of the molecule is CC(C)(C)OC(=O)C[N+](C)(C)Cc1ccc(Cl)cc1. The number of halogens is 1. The van der Waals surface area contributed by atoms with E-state index in [1.807, 2.05) is 59.1 Å². The Morgan fingerprint density at radius 3 is 2.21 bits per heavy atom. The molecule has 1 aromatic carbocycles. The summed E-state index contributed by atoms with van der Waals surface area (Å²) < 4.78 is 5.91. The second-order valence-corrected chi connectivity index (χ2v) is 6.90. The van der Waals surface area contributed by atoms with Gasteiger partial charge < -0.3 is 9.22 Å². The van der Waals surface area contributed by atoms with Crippen molar-refractivity contribution in [1.82, 2.24) is 0 Å². The molecule has 19 heavy (non-hydrogen) atoms. The van der Waals surface area contributed by atoms with Gasteiger partial charge in [-0.25, -0.2) is 4.79 Å². The molecule has 0 saturated heterocycles. The van der Waals surface area contributed by atoms with Gasteiger partial charge in [0, 0.05) is 10.6 Å². The van der Waals surface area contributed by atoms with Gasteiger partial charge in [0.2, 0.25) is 0 Å². The molecule has 0 spiro atoms. The molecule has 0 unspecified atom stereocenters. The Kier molecular flexibility index (Phi) is 4.99. The van der Waals surface area contributed by atoms with E-state index < -0.39 is 5.60 Å². The Balaban J connectivity index is 2.61. The van der Waals surface area contributed by atoms with Crippen LogP contribution < -0.4 is 0 Å². The highest BCUT2D eigenvalue weighted by Crippen LogP contribution is 2.15. The predicted octanol–water partition coefficient (Wildman–Crippen LogP) is 3.26. The number of rotatable bonds is 4. The summed E-state index contributed by atoms with van der Waals surface area (Å²) in [5, 5.41) is 0.723. The smallest absolute Gasteiger partial charge is 0.362 e. The first-order chi connectivity index (χ1) is 8.57. The number of carbonyl (C=O) groups is 1. The Labute approximate surface area is 120 Å². The van der Waals surface area contributed by atoms with E-state index in [0.29, 0.717) is 11.0 Å². The van der Waals surface area contributed by atoms with Crippen molar-refractivity contribution in [3.05, 3.63) is 34.9 Å². The van der Waals surface area contributed by atoms with Crippen molar-refractivity contribution in [3.8, 4) is 0 Å². The van der Waals surface area contributed by atoms with Crippen LogP contribution in [0.1, 0.15) is 26.3 Å². The molecule has 1 aromatic rings. The zero-order chi connectivity index (χ0) is 14.7. The molecule has 0 heterocycles. The molecule has 0 fully saturated rings. The highest BCUT2D eigenvalue weighted by Gasteiger charge is 2.25. The Bertz CT molecular complexity index is 432. The predicted molar refractivity (Wildman–Crippen MR) is 78.0 cm³/mol. The van der Waals surface area contributed by atoms with Crippen LogP contribution in [0.4, 0.5) is 0 Å². The van der Waals surface area contributed by atoms with Crippen LogP contribution in [0.2, 0.25) is 5.02 Å². The van der Waals surface area contributed by atoms with Crippen LogP contribution in [0.3, 0.4) is 0 Å². The molecule has 0 radical (unpaired) electrons. The van der Waals surface area contributed by atoms with Crippen molar-refractivity contribution in [2.75, 3.05) is 20.6 Å². The number of ether oxygens (including phenoxy) is 1. The van der Waals surface area contributed by atoms with E-state index in [2.05, 4.69) is 0 Å². The normalized spacial score (nSPS) is 12.3. The first-order valence-electron chi connectivity index (χ1n) is 6.36. The van der Waals surface area contributed by atoms with Crippen LogP contribution in [-0.4, -0.2) is 36.7 Å². The number of nitrogens with zero attached hydrogens (tertiary/aromatic N) is 1. The number of benzene rings is 1. The fourth-order valence-electron chi connectivity index (χ4n) is 1.86. The van der Waals surface area contributed by atoms with Crippen LogP contribution in [0, 0.1) is 0 Å². The number of quaternary nitrogens is 1. The lowest BCUT2D eigenvalue weighted by Crippen LogP contribution is -2.45. The molecule has 1 rings (SSSR count). The highest BCUT2D eigenvalue weighted by molar-refractivity contribution is 6.30. The monoisotopic (exact) mass is 284 g/mol.